The molecule has 0 radical (unpaired) electrons. The van der Waals surface area contributed by atoms with E-state index in [2.05, 4.69) is 26.2 Å². The molecule has 2 rings (SSSR count). The van der Waals surface area contributed by atoms with E-state index >= 15 is 0 Å². The Balaban J connectivity index is 1.96. The lowest BCUT2D eigenvalue weighted by molar-refractivity contribution is 0.990. The first-order chi connectivity index (χ1) is 8.18. The number of aromatic nitrogens is 1. The molecule has 0 amide bonds. The zero-order valence-corrected chi connectivity index (χ0v) is 12.9. The summed E-state index contributed by atoms with van der Waals surface area (Å²) in [4.78, 5) is 4.32. The molecule has 1 aliphatic heterocycles. The van der Waals surface area contributed by atoms with E-state index in [0.717, 1.165) is 28.1 Å². The van der Waals surface area contributed by atoms with Crippen LogP contribution >= 0.6 is 39.5 Å². The first-order valence-electron chi connectivity index (χ1n) is 5.52. The molecule has 1 saturated heterocycles. The van der Waals surface area contributed by atoms with Crippen molar-refractivity contribution >= 4 is 51.0 Å². The molecule has 3 N–H and O–H groups in total. The molecule has 0 saturated carbocycles. The van der Waals surface area contributed by atoms with Crippen molar-refractivity contribution in [2.75, 3.05) is 34.9 Å². The van der Waals surface area contributed by atoms with Gasteiger partial charge in [-0.25, -0.2) is 4.98 Å². The third-order valence-electron chi connectivity index (χ3n) is 2.69. The summed E-state index contributed by atoms with van der Waals surface area (Å²) in [5.41, 5.74) is 7.58. The molecule has 94 valence electrons. The molecule has 1 atom stereocenters. The molecule has 1 aromatic heterocycles. The van der Waals surface area contributed by atoms with E-state index in [9.17, 15) is 0 Å². The number of hydrogen-bond acceptors (Lipinski definition) is 5. The molecule has 1 unspecified atom stereocenters. The van der Waals surface area contributed by atoms with Gasteiger partial charge in [0.05, 0.1) is 16.4 Å². The summed E-state index contributed by atoms with van der Waals surface area (Å²) in [6.45, 7) is 2.96. The number of nitrogens with two attached hydrogens (primary N) is 1. The maximum absolute atomic E-state index is 5.80. The lowest BCUT2D eigenvalue weighted by atomic mass is 10.2. The standard InChI is InChI=1S/C11H16BrN3S2/c1-7-9(13)5-15-11(10(7)12)14-4-8-6-16-2-3-17-8/h5,8H,2-4,6,13H2,1H3,(H,14,15). The van der Waals surface area contributed by atoms with Crippen LogP contribution in [0.25, 0.3) is 0 Å². The zero-order valence-electron chi connectivity index (χ0n) is 9.70. The fourth-order valence-electron chi connectivity index (χ4n) is 1.58. The Kier molecular flexibility index (Phi) is 4.87. The highest BCUT2D eigenvalue weighted by Gasteiger charge is 2.15. The zero-order chi connectivity index (χ0) is 12.3. The van der Waals surface area contributed by atoms with Gasteiger partial charge in [-0.05, 0) is 28.4 Å². The van der Waals surface area contributed by atoms with E-state index in [1.54, 1.807) is 6.20 Å². The number of anilines is 2. The van der Waals surface area contributed by atoms with E-state index in [-0.39, 0.29) is 0 Å². The van der Waals surface area contributed by atoms with Gasteiger partial charge in [-0.2, -0.15) is 23.5 Å². The Morgan fingerprint density at radius 2 is 2.41 bits per heavy atom. The lowest BCUT2D eigenvalue weighted by Crippen LogP contribution is -2.23. The summed E-state index contributed by atoms with van der Waals surface area (Å²) < 4.78 is 0.978. The van der Waals surface area contributed by atoms with Crippen molar-refractivity contribution in [3.63, 3.8) is 0 Å². The van der Waals surface area contributed by atoms with Gasteiger partial charge in [-0.15, -0.1) is 0 Å². The normalized spacial score (nSPS) is 20.2. The summed E-state index contributed by atoms with van der Waals surface area (Å²) in [5, 5.41) is 4.08. The first kappa shape index (κ1) is 13.4. The largest absolute Gasteiger partial charge is 0.397 e. The molecule has 1 aromatic rings. The number of nitrogens with one attached hydrogen (secondary N) is 1. The summed E-state index contributed by atoms with van der Waals surface area (Å²) >= 11 is 7.62. The second-order valence-corrected chi connectivity index (χ2v) is 7.30. The van der Waals surface area contributed by atoms with Crippen LogP contribution in [0, 0.1) is 6.92 Å². The van der Waals surface area contributed by atoms with E-state index in [1.165, 1.54) is 17.3 Å². The molecular formula is C11H16BrN3S2. The topological polar surface area (TPSA) is 50.9 Å². The third-order valence-corrected chi connectivity index (χ3v) is 6.50. The Bertz CT molecular complexity index is 395. The van der Waals surface area contributed by atoms with E-state index < -0.39 is 0 Å². The molecule has 17 heavy (non-hydrogen) atoms. The summed E-state index contributed by atoms with van der Waals surface area (Å²) in [6.07, 6.45) is 1.71. The van der Waals surface area contributed by atoms with Crippen LogP contribution in [0.5, 0.6) is 0 Å². The minimum Gasteiger partial charge on any atom is -0.397 e. The van der Waals surface area contributed by atoms with Crippen molar-refractivity contribution in [1.82, 2.24) is 4.98 Å². The fourth-order valence-corrected chi connectivity index (χ4v) is 4.66. The average molecular weight is 334 g/mol. The molecule has 1 aliphatic rings. The van der Waals surface area contributed by atoms with Crippen molar-refractivity contribution in [2.45, 2.75) is 12.2 Å². The molecule has 0 spiro atoms. The van der Waals surface area contributed by atoms with Crippen LogP contribution in [-0.2, 0) is 0 Å². The van der Waals surface area contributed by atoms with E-state index in [0.29, 0.717) is 5.25 Å². The van der Waals surface area contributed by atoms with Gasteiger partial charge >= 0.3 is 0 Å². The van der Waals surface area contributed by atoms with Crippen LogP contribution in [0.2, 0.25) is 0 Å². The van der Waals surface area contributed by atoms with Crippen LogP contribution < -0.4 is 11.1 Å². The summed E-state index contributed by atoms with van der Waals surface area (Å²) in [6, 6.07) is 0. The van der Waals surface area contributed by atoms with Gasteiger partial charge in [-0.1, -0.05) is 0 Å². The summed E-state index contributed by atoms with van der Waals surface area (Å²) in [5.74, 6) is 4.66. The van der Waals surface area contributed by atoms with Crippen LogP contribution in [0.1, 0.15) is 5.56 Å². The van der Waals surface area contributed by atoms with Gasteiger partial charge in [0.25, 0.3) is 0 Å². The predicted molar refractivity (Wildman–Crippen MR) is 83.1 cm³/mol. The van der Waals surface area contributed by atoms with Gasteiger partial charge in [0.2, 0.25) is 0 Å². The minimum atomic E-state index is 0.681. The number of nitrogens with zero attached hydrogens (tertiary/aromatic N) is 1. The van der Waals surface area contributed by atoms with E-state index in [1.807, 2.05) is 30.4 Å². The van der Waals surface area contributed by atoms with Crippen LogP contribution in [-0.4, -0.2) is 34.0 Å². The van der Waals surface area contributed by atoms with Crippen LogP contribution in [0.3, 0.4) is 0 Å². The molecular weight excluding hydrogens is 318 g/mol. The highest BCUT2D eigenvalue weighted by Crippen LogP contribution is 2.29. The second-order valence-electron chi connectivity index (χ2n) is 3.95. The highest BCUT2D eigenvalue weighted by molar-refractivity contribution is 9.10. The van der Waals surface area contributed by atoms with Crippen LogP contribution in [0.15, 0.2) is 10.7 Å². The van der Waals surface area contributed by atoms with Gasteiger partial charge in [0.15, 0.2) is 0 Å². The predicted octanol–water partition coefficient (Wildman–Crippen LogP) is 3.00. The molecule has 6 heteroatoms. The monoisotopic (exact) mass is 333 g/mol. The van der Waals surface area contributed by atoms with Gasteiger partial charge in [0, 0.05) is 29.1 Å². The number of halogens is 1. The van der Waals surface area contributed by atoms with Gasteiger partial charge in [0.1, 0.15) is 5.82 Å². The Hall–Kier alpha value is -0.0700. The van der Waals surface area contributed by atoms with Crippen molar-refractivity contribution < 1.29 is 0 Å². The molecule has 0 aromatic carbocycles. The molecule has 0 aliphatic carbocycles. The Morgan fingerprint density at radius 3 is 3.12 bits per heavy atom. The number of rotatable bonds is 3. The molecule has 1 fully saturated rings. The van der Waals surface area contributed by atoms with Crippen molar-refractivity contribution in [1.29, 1.82) is 0 Å². The second kappa shape index (κ2) is 6.20. The fraction of sp³-hybridized carbons (Fsp3) is 0.545. The molecule has 2 heterocycles. The maximum Gasteiger partial charge on any atom is 0.140 e. The first-order valence-corrected chi connectivity index (χ1v) is 8.52. The average Bonchev–Trinajstić information content (AvgIpc) is 2.36. The highest BCUT2D eigenvalue weighted by atomic mass is 79.9. The number of pyridine rings is 1. The SMILES string of the molecule is Cc1c(N)cnc(NCC2CSCCS2)c1Br. The number of nitrogen functional groups attached to an aromatic ring is 1. The van der Waals surface area contributed by atoms with Gasteiger partial charge < -0.3 is 11.1 Å². The van der Waals surface area contributed by atoms with Crippen molar-refractivity contribution in [3.05, 3.63) is 16.2 Å². The van der Waals surface area contributed by atoms with Crippen LogP contribution in [0.4, 0.5) is 11.5 Å². The Labute approximate surface area is 119 Å². The molecule has 0 bridgehead atoms. The van der Waals surface area contributed by atoms with Crippen molar-refractivity contribution in [2.24, 2.45) is 0 Å². The molecule has 3 nitrogen and oxygen atoms in total. The lowest BCUT2D eigenvalue weighted by Gasteiger charge is -2.22. The third kappa shape index (κ3) is 3.45. The number of hydrogen-bond donors (Lipinski definition) is 2. The quantitative estimate of drug-likeness (QED) is 0.890. The minimum absolute atomic E-state index is 0.681. The smallest absolute Gasteiger partial charge is 0.140 e. The van der Waals surface area contributed by atoms with E-state index in [4.69, 9.17) is 5.73 Å². The Morgan fingerprint density at radius 1 is 1.59 bits per heavy atom. The number of thioether (sulfide) groups is 2. The summed E-state index contributed by atoms with van der Waals surface area (Å²) in [7, 11) is 0. The van der Waals surface area contributed by atoms with Crippen molar-refractivity contribution in [3.8, 4) is 0 Å². The van der Waals surface area contributed by atoms with Gasteiger partial charge in [-0.3, -0.25) is 0 Å². The maximum atomic E-state index is 5.80.